The zero-order valence-electron chi connectivity index (χ0n) is 15.5. The minimum Gasteiger partial charge on any atom is -0.504 e. The molecule has 0 aliphatic heterocycles. The maximum absolute atomic E-state index is 10.3. The van der Waals surface area contributed by atoms with Gasteiger partial charge in [0.2, 0.25) is 17.2 Å². The van der Waals surface area contributed by atoms with Crippen LogP contribution >= 0.6 is 0 Å². The third-order valence-electron chi connectivity index (χ3n) is 4.00. The van der Waals surface area contributed by atoms with Gasteiger partial charge in [-0.3, -0.25) is 0 Å². The average molecular weight is 384 g/mol. The number of phenolic OH excluding ortho intramolecular Hbond substituents is 5. The normalized spacial score (nSPS) is 10.7. The van der Waals surface area contributed by atoms with Gasteiger partial charge in [0.25, 0.3) is 0 Å². The molecule has 0 saturated heterocycles. The van der Waals surface area contributed by atoms with Gasteiger partial charge in [0.05, 0.1) is 0 Å². The maximum atomic E-state index is 10.3. The molecule has 3 aromatic carbocycles. The molecule has 5 N–H and O–H groups in total. The van der Waals surface area contributed by atoms with Crippen LogP contribution in [0.1, 0.15) is 16.7 Å². The van der Waals surface area contributed by atoms with Gasteiger partial charge >= 0.3 is 0 Å². The molecule has 0 unspecified atom stereocenters. The molecule has 7 nitrogen and oxygen atoms in total. The first-order chi connectivity index (χ1) is 13.2. The lowest BCUT2D eigenvalue weighted by molar-refractivity contribution is 0.337. The molecule has 0 bridgehead atoms. The van der Waals surface area contributed by atoms with Crippen molar-refractivity contribution in [2.24, 2.45) is 0 Å². The van der Waals surface area contributed by atoms with Crippen LogP contribution < -0.4 is 9.47 Å². The van der Waals surface area contributed by atoms with Crippen LogP contribution in [-0.4, -0.2) is 25.5 Å². The Labute approximate surface area is 161 Å². The molecule has 7 heteroatoms. The first-order valence-corrected chi connectivity index (χ1v) is 8.40. The first-order valence-electron chi connectivity index (χ1n) is 8.40. The Kier molecular flexibility index (Phi) is 4.83. The summed E-state index contributed by atoms with van der Waals surface area (Å²) < 4.78 is 11.2. The van der Waals surface area contributed by atoms with Crippen molar-refractivity contribution in [3.8, 4) is 51.7 Å². The van der Waals surface area contributed by atoms with E-state index in [1.807, 2.05) is 0 Å². The molecule has 0 fully saturated rings. The quantitative estimate of drug-likeness (QED) is 0.413. The van der Waals surface area contributed by atoms with Crippen molar-refractivity contribution in [2.75, 3.05) is 0 Å². The topological polar surface area (TPSA) is 120 Å². The molecule has 0 amide bonds. The summed E-state index contributed by atoms with van der Waals surface area (Å²) in [5.41, 5.74) is 1.88. The van der Waals surface area contributed by atoms with Crippen molar-refractivity contribution in [3.05, 3.63) is 53.1 Å². The van der Waals surface area contributed by atoms with E-state index in [1.165, 1.54) is 36.4 Å². The minimum absolute atomic E-state index is 0.00708. The van der Waals surface area contributed by atoms with Crippen molar-refractivity contribution in [3.63, 3.8) is 0 Å². The molecular weight excluding hydrogens is 364 g/mol. The van der Waals surface area contributed by atoms with Gasteiger partial charge in [-0.2, -0.15) is 0 Å². The summed E-state index contributed by atoms with van der Waals surface area (Å²) in [6, 6.07) is 8.60. The Morgan fingerprint density at radius 3 is 1.46 bits per heavy atom. The van der Waals surface area contributed by atoms with Crippen LogP contribution in [0, 0.1) is 20.8 Å². The summed E-state index contributed by atoms with van der Waals surface area (Å²) in [7, 11) is 0. The molecule has 0 atom stereocenters. The Balaban J connectivity index is 2.09. The van der Waals surface area contributed by atoms with E-state index >= 15 is 0 Å². The van der Waals surface area contributed by atoms with Crippen molar-refractivity contribution in [1.82, 2.24) is 0 Å². The van der Waals surface area contributed by atoms with E-state index in [9.17, 15) is 25.5 Å². The summed E-state index contributed by atoms with van der Waals surface area (Å²) in [6.07, 6.45) is 0. The third-order valence-corrected chi connectivity index (χ3v) is 4.00. The molecule has 146 valence electrons. The highest BCUT2D eigenvalue weighted by Crippen LogP contribution is 2.49. The Morgan fingerprint density at radius 1 is 0.500 bits per heavy atom. The Bertz CT molecular complexity index is 1030. The first kappa shape index (κ1) is 19.0. The second-order valence-electron chi connectivity index (χ2n) is 6.58. The minimum atomic E-state index is -0.502. The smallest absolute Gasteiger partial charge is 0.211 e. The van der Waals surface area contributed by atoms with Crippen molar-refractivity contribution in [2.45, 2.75) is 20.8 Å². The van der Waals surface area contributed by atoms with Crippen LogP contribution in [0.2, 0.25) is 0 Å². The molecule has 3 rings (SSSR count). The third kappa shape index (κ3) is 3.68. The van der Waals surface area contributed by atoms with Gasteiger partial charge in [-0.25, -0.2) is 0 Å². The van der Waals surface area contributed by atoms with Gasteiger partial charge in [-0.1, -0.05) is 0 Å². The van der Waals surface area contributed by atoms with Crippen LogP contribution in [0.15, 0.2) is 36.4 Å². The largest absolute Gasteiger partial charge is 0.504 e. The number of benzene rings is 3. The van der Waals surface area contributed by atoms with Gasteiger partial charge in [-0.15, -0.1) is 0 Å². The number of phenols is 5. The summed E-state index contributed by atoms with van der Waals surface area (Å²) in [5.74, 6) is -2.23. The van der Waals surface area contributed by atoms with Crippen LogP contribution in [0.3, 0.4) is 0 Å². The second-order valence-corrected chi connectivity index (χ2v) is 6.58. The number of aromatic hydroxyl groups is 5. The second kappa shape index (κ2) is 7.11. The molecular formula is C21H20O7. The van der Waals surface area contributed by atoms with E-state index in [0.29, 0.717) is 16.7 Å². The van der Waals surface area contributed by atoms with Crippen molar-refractivity contribution in [1.29, 1.82) is 0 Å². The fraction of sp³-hybridized carbons (Fsp3) is 0.143. The lowest BCUT2D eigenvalue weighted by Crippen LogP contribution is -1.94. The number of hydrogen-bond acceptors (Lipinski definition) is 7. The molecule has 0 radical (unpaired) electrons. The molecule has 0 spiro atoms. The van der Waals surface area contributed by atoms with Crippen molar-refractivity contribution >= 4 is 0 Å². The molecule has 3 aromatic rings. The Morgan fingerprint density at radius 2 is 0.893 bits per heavy atom. The van der Waals surface area contributed by atoms with Crippen LogP contribution in [0.4, 0.5) is 0 Å². The van der Waals surface area contributed by atoms with Crippen LogP contribution in [0.5, 0.6) is 51.7 Å². The standard InChI is InChI=1S/C21H20O7/c1-10-5-14(23)20(15(24)6-10)28-18-9-12(3)7-16(25)21(18)27-17-8-11(2)4-13(22)19(17)26/h4-9,22-26H,1-3H3. The summed E-state index contributed by atoms with van der Waals surface area (Å²) >= 11 is 0. The van der Waals surface area contributed by atoms with Crippen LogP contribution in [-0.2, 0) is 0 Å². The predicted octanol–water partition coefficient (Wildman–Crippen LogP) is 4.72. The number of rotatable bonds is 4. The maximum Gasteiger partial charge on any atom is 0.211 e. The zero-order valence-corrected chi connectivity index (χ0v) is 15.5. The molecule has 0 heterocycles. The van der Waals surface area contributed by atoms with E-state index in [4.69, 9.17) is 9.47 Å². The summed E-state index contributed by atoms with van der Waals surface area (Å²) in [6.45, 7) is 5.10. The monoisotopic (exact) mass is 384 g/mol. The van der Waals surface area contributed by atoms with E-state index in [2.05, 4.69) is 0 Å². The highest BCUT2D eigenvalue weighted by Gasteiger charge is 2.20. The zero-order chi connectivity index (χ0) is 20.6. The van der Waals surface area contributed by atoms with Gasteiger partial charge in [0, 0.05) is 0 Å². The van der Waals surface area contributed by atoms with E-state index in [0.717, 1.165) is 0 Å². The molecule has 0 aliphatic carbocycles. The molecule has 0 saturated carbocycles. The van der Waals surface area contributed by atoms with Crippen molar-refractivity contribution < 1.29 is 35.0 Å². The van der Waals surface area contributed by atoms with E-state index in [-0.39, 0.29) is 46.0 Å². The fourth-order valence-electron chi connectivity index (χ4n) is 2.76. The van der Waals surface area contributed by atoms with Gasteiger partial charge in [0.15, 0.2) is 34.5 Å². The molecule has 0 aliphatic rings. The van der Waals surface area contributed by atoms with Gasteiger partial charge < -0.3 is 35.0 Å². The van der Waals surface area contributed by atoms with E-state index in [1.54, 1.807) is 20.8 Å². The number of aryl methyl sites for hydroxylation is 3. The highest BCUT2D eigenvalue weighted by molar-refractivity contribution is 5.61. The summed E-state index contributed by atoms with van der Waals surface area (Å²) in [4.78, 5) is 0. The highest BCUT2D eigenvalue weighted by atomic mass is 16.5. The van der Waals surface area contributed by atoms with Gasteiger partial charge in [-0.05, 0) is 73.9 Å². The van der Waals surface area contributed by atoms with E-state index < -0.39 is 5.75 Å². The van der Waals surface area contributed by atoms with Gasteiger partial charge in [0.1, 0.15) is 0 Å². The SMILES string of the molecule is Cc1cc(O)c(Oc2cc(C)cc(O)c2Oc2cc(C)cc(O)c2O)c(O)c1. The lowest BCUT2D eigenvalue weighted by Gasteiger charge is -2.17. The Hall–Kier alpha value is -3.74. The average Bonchev–Trinajstić information content (AvgIpc) is 2.57. The lowest BCUT2D eigenvalue weighted by atomic mass is 10.1. The fourth-order valence-corrected chi connectivity index (χ4v) is 2.76. The number of hydrogen-bond donors (Lipinski definition) is 5. The molecule has 0 aromatic heterocycles. The number of ether oxygens (including phenoxy) is 2. The summed E-state index contributed by atoms with van der Waals surface area (Å²) in [5, 5.41) is 50.4. The predicted molar refractivity (Wildman–Crippen MR) is 102 cm³/mol. The molecule has 28 heavy (non-hydrogen) atoms. The van der Waals surface area contributed by atoms with Crippen LogP contribution in [0.25, 0.3) is 0 Å².